The molecule has 3 rings (SSSR count). The van der Waals surface area contributed by atoms with Gasteiger partial charge >= 0.3 is 5.97 Å². The van der Waals surface area contributed by atoms with Crippen LogP contribution in [0.3, 0.4) is 0 Å². The van der Waals surface area contributed by atoms with Gasteiger partial charge in [-0.2, -0.15) is 0 Å². The van der Waals surface area contributed by atoms with E-state index in [0.717, 1.165) is 11.3 Å². The third-order valence-corrected chi connectivity index (χ3v) is 5.98. The van der Waals surface area contributed by atoms with E-state index in [9.17, 15) is 14.4 Å². The van der Waals surface area contributed by atoms with Crippen molar-refractivity contribution < 1.29 is 19.1 Å². The van der Waals surface area contributed by atoms with E-state index >= 15 is 0 Å². The summed E-state index contributed by atoms with van der Waals surface area (Å²) in [7, 11) is 1.52. The van der Waals surface area contributed by atoms with Gasteiger partial charge in [0.25, 0.3) is 11.5 Å². The number of thiophene rings is 1. The van der Waals surface area contributed by atoms with Crippen LogP contribution in [0.1, 0.15) is 48.5 Å². The quantitative estimate of drug-likeness (QED) is 0.556. The molecule has 0 saturated carbocycles. The zero-order valence-corrected chi connectivity index (χ0v) is 18.9. The molecule has 3 aromatic rings. The number of anilines is 1. The Morgan fingerprint density at radius 2 is 1.97 bits per heavy atom. The van der Waals surface area contributed by atoms with E-state index in [-0.39, 0.29) is 17.6 Å². The van der Waals surface area contributed by atoms with Gasteiger partial charge in [0, 0.05) is 0 Å². The Bertz CT molecular complexity index is 1180. The molecular weight excluding hydrogens is 418 g/mol. The molecule has 0 unspecified atom stereocenters. The highest BCUT2D eigenvalue weighted by Gasteiger charge is 2.26. The van der Waals surface area contributed by atoms with E-state index in [1.54, 1.807) is 52.0 Å². The molecule has 1 atom stereocenters. The van der Waals surface area contributed by atoms with Crippen molar-refractivity contribution in [1.82, 2.24) is 9.55 Å². The first-order valence-electron chi connectivity index (χ1n) is 9.93. The topological polar surface area (TPSA) is 99.5 Å². The summed E-state index contributed by atoms with van der Waals surface area (Å²) in [6.45, 7) is 7.02. The Morgan fingerprint density at radius 1 is 1.26 bits per heavy atom. The summed E-state index contributed by atoms with van der Waals surface area (Å²) >= 11 is 1.13. The maximum atomic E-state index is 13.2. The van der Waals surface area contributed by atoms with E-state index in [1.165, 1.54) is 18.0 Å². The Labute approximate surface area is 183 Å². The number of carbonyl (C=O) groups is 2. The van der Waals surface area contributed by atoms with Gasteiger partial charge in [0.15, 0.2) is 0 Å². The molecule has 0 aliphatic heterocycles. The molecule has 0 saturated heterocycles. The molecule has 0 radical (unpaired) electrons. The molecule has 1 aromatic carbocycles. The van der Waals surface area contributed by atoms with E-state index in [1.807, 2.05) is 0 Å². The van der Waals surface area contributed by atoms with Gasteiger partial charge in [-0.3, -0.25) is 14.2 Å². The lowest BCUT2D eigenvalue weighted by molar-refractivity contribution is -0.151. The van der Waals surface area contributed by atoms with Gasteiger partial charge in [-0.1, -0.05) is 19.1 Å². The fourth-order valence-electron chi connectivity index (χ4n) is 3.29. The number of benzene rings is 1. The van der Waals surface area contributed by atoms with Gasteiger partial charge in [-0.15, -0.1) is 11.3 Å². The van der Waals surface area contributed by atoms with Crippen LogP contribution >= 0.6 is 11.3 Å². The number of ether oxygens (including phenoxy) is 2. The van der Waals surface area contributed by atoms with Crippen molar-refractivity contribution in [2.75, 3.05) is 12.4 Å². The highest BCUT2D eigenvalue weighted by atomic mass is 32.1. The summed E-state index contributed by atoms with van der Waals surface area (Å²) in [5.41, 5.74) is 0.675. The molecule has 2 aromatic heterocycles. The number of aryl methyl sites for hydroxylation is 1. The number of fused-ring (bicyclic) bond motifs is 1. The van der Waals surface area contributed by atoms with Crippen molar-refractivity contribution in [1.29, 1.82) is 0 Å². The molecule has 0 spiro atoms. The van der Waals surface area contributed by atoms with Crippen LogP contribution in [0.5, 0.6) is 5.75 Å². The van der Waals surface area contributed by atoms with Crippen LogP contribution in [-0.4, -0.2) is 34.6 Å². The molecule has 31 heavy (non-hydrogen) atoms. The highest BCUT2D eigenvalue weighted by Crippen LogP contribution is 2.30. The van der Waals surface area contributed by atoms with Gasteiger partial charge < -0.3 is 14.8 Å². The number of nitrogens with one attached hydrogen (secondary N) is 1. The van der Waals surface area contributed by atoms with Crippen molar-refractivity contribution in [3.05, 3.63) is 51.4 Å². The minimum absolute atomic E-state index is 0.290. The van der Waals surface area contributed by atoms with Crippen LogP contribution in [0.4, 0.5) is 5.69 Å². The maximum Gasteiger partial charge on any atom is 0.329 e. The number of hydrogen-bond acceptors (Lipinski definition) is 7. The Morgan fingerprint density at radius 3 is 2.61 bits per heavy atom. The fraction of sp³-hybridized carbons (Fsp3) is 0.364. The SMILES string of the molecule is CC[C@H](C(=O)OC(C)C)n1cnc2sc(C(=O)Nc3ccccc3OC)c(C)c2c1=O. The van der Waals surface area contributed by atoms with Gasteiger partial charge in [0.05, 0.1) is 35.5 Å². The second-order valence-electron chi connectivity index (χ2n) is 7.26. The van der Waals surface area contributed by atoms with E-state index in [4.69, 9.17) is 9.47 Å². The third kappa shape index (κ3) is 4.46. The Kier molecular flexibility index (Phi) is 6.74. The van der Waals surface area contributed by atoms with Gasteiger partial charge in [-0.05, 0) is 44.9 Å². The predicted molar refractivity (Wildman–Crippen MR) is 120 cm³/mol. The minimum atomic E-state index is -0.781. The summed E-state index contributed by atoms with van der Waals surface area (Å²) in [5.74, 6) is -0.311. The van der Waals surface area contributed by atoms with E-state index < -0.39 is 12.0 Å². The summed E-state index contributed by atoms with van der Waals surface area (Å²) in [5, 5.41) is 3.15. The van der Waals surface area contributed by atoms with Crippen LogP contribution < -0.4 is 15.6 Å². The lowest BCUT2D eigenvalue weighted by Crippen LogP contribution is -2.32. The maximum absolute atomic E-state index is 13.2. The molecule has 0 aliphatic rings. The van der Waals surface area contributed by atoms with E-state index in [2.05, 4.69) is 10.3 Å². The molecule has 164 valence electrons. The van der Waals surface area contributed by atoms with Gasteiger partial charge in [0.2, 0.25) is 0 Å². The third-order valence-electron chi connectivity index (χ3n) is 4.78. The first-order chi connectivity index (χ1) is 14.8. The second kappa shape index (κ2) is 9.30. The minimum Gasteiger partial charge on any atom is -0.495 e. The lowest BCUT2D eigenvalue weighted by Gasteiger charge is -2.18. The fourth-order valence-corrected chi connectivity index (χ4v) is 4.33. The monoisotopic (exact) mass is 443 g/mol. The predicted octanol–water partition coefficient (Wildman–Crippen LogP) is 3.93. The smallest absolute Gasteiger partial charge is 0.329 e. The molecule has 9 heteroatoms. The standard InChI is InChI=1S/C22H25N3O5S/c1-6-15(22(28)30-12(2)3)25-11-23-20-17(21(25)27)13(4)18(31-20)19(26)24-14-9-7-8-10-16(14)29-5/h7-12,15H,6H2,1-5H3,(H,24,26)/t15-/m1/s1. The molecule has 0 fully saturated rings. The number of hydrogen-bond donors (Lipinski definition) is 1. The number of aromatic nitrogens is 2. The second-order valence-corrected chi connectivity index (χ2v) is 8.26. The number of para-hydroxylation sites is 2. The van der Waals surface area contributed by atoms with Crippen molar-refractivity contribution in [2.45, 2.75) is 46.3 Å². The molecule has 2 heterocycles. The number of carbonyl (C=O) groups excluding carboxylic acids is 2. The van der Waals surface area contributed by atoms with Gasteiger partial charge in [0.1, 0.15) is 16.6 Å². The van der Waals surface area contributed by atoms with Crippen molar-refractivity contribution in [2.24, 2.45) is 0 Å². The lowest BCUT2D eigenvalue weighted by atomic mass is 10.1. The Balaban J connectivity index is 2.01. The molecule has 0 bridgehead atoms. The Hall–Kier alpha value is -3.20. The van der Waals surface area contributed by atoms with Crippen LogP contribution in [0, 0.1) is 6.92 Å². The summed E-state index contributed by atoms with van der Waals surface area (Å²) in [4.78, 5) is 43.7. The van der Waals surface area contributed by atoms with Gasteiger partial charge in [-0.25, -0.2) is 9.78 Å². The number of nitrogens with zero attached hydrogens (tertiary/aromatic N) is 2. The average molecular weight is 444 g/mol. The van der Waals surface area contributed by atoms with Crippen molar-refractivity contribution >= 4 is 39.1 Å². The highest BCUT2D eigenvalue weighted by molar-refractivity contribution is 7.20. The molecule has 1 amide bonds. The average Bonchev–Trinajstić information content (AvgIpc) is 3.07. The van der Waals surface area contributed by atoms with Crippen LogP contribution in [0.15, 0.2) is 35.4 Å². The number of rotatable bonds is 7. The first kappa shape index (κ1) is 22.5. The van der Waals surface area contributed by atoms with E-state index in [0.29, 0.717) is 38.5 Å². The van der Waals surface area contributed by atoms with Crippen LogP contribution in [0.2, 0.25) is 0 Å². The molecular formula is C22H25N3O5S. The molecule has 1 N–H and O–H groups in total. The summed E-state index contributed by atoms with van der Waals surface area (Å²) in [6.07, 6.45) is 1.43. The van der Waals surface area contributed by atoms with Crippen molar-refractivity contribution in [3.63, 3.8) is 0 Å². The first-order valence-corrected chi connectivity index (χ1v) is 10.7. The largest absolute Gasteiger partial charge is 0.495 e. The zero-order valence-electron chi connectivity index (χ0n) is 18.1. The molecule has 8 nitrogen and oxygen atoms in total. The van der Waals surface area contributed by atoms with Crippen LogP contribution in [0.25, 0.3) is 10.2 Å². The number of amides is 1. The van der Waals surface area contributed by atoms with Crippen LogP contribution in [-0.2, 0) is 9.53 Å². The normalized spacial score (nSPS) is 12.1. The zero-order chi connectivity index (χ0) is 22.7. The summed E-state index contributed by atoms with van der Waals surface area (Å²) < 4.78 is 11.8. The van der Waals surface area contributed by atoms with Crippen molar-refractivity contribution in [3.8, 4) is 5.75 Å². The number of esters is 1. The number of methoxy groups -OCH3 is 1. The molecule has 0 aliphatic carbocycles. The summed E-state index contributed by atoms with van der Waals surface area (Å²) in [6, 6.07) is 6.29.